The molecule has 2 aromatic carbocycles. The number of ether oxygens (including phenoxy) is 1. The van der Waals surface area contributed by atoms with Gasteiger partial charge in [0.1, 0.15) is 23.6 Å². The lowest BCUT2D eigenvalue weighted by molar-refractivity contribution is 0.0880. The molecule has 186 valence electrons. The van der Waals surface area contributed by atoms with E-state index in [9.17, 15) is 0 Å². The normalized spacial score (nSPS) is 19.6. The fourth-order valence-corrected chi connectivity index (χ4v) is 5.61. The number of likely N-dealkylation sites (tertiary alicyclic amines) is 1. The van der Waals surface area contributed by atoms with Crippen LogP contribution in [0.5, 0.6) is 11.6 Å². The molecule has 1 saturated heterocycles. The lowest BCUT2D eigenvalue weighted by atomic mass is 9.79. The zero-order valence-corrected chi connectivity index (χ0v) is 20.8. The Labute approximate surface area is 215 Å². The van der Waals surface area contributed by atoms with Gasteiger partial charge in [0.2, 0.25) is 5.88 Å². The summed E-state index contributed by atoms with van der Waals surface area (Å²) in [5.41, 5.74) is 10.9. The van der Waals surface area contributed by atoms with Crippen LogP contribution in [-0.2, 0) is 0 Å². The van der Waals surface area contributed by atoms with Crippen LogP contribution in [0, 0.1) is 12.8 Å². The van der Waals surface area contributed by atoms with Crippen molar-refractivity contribution in [2.45, 2.75) is 32.2 Å². The molecule has 1 saturated carbocycles. The second-order valence-electron chi connectivity index (χ2n) is 10.3. The fraction of sp³-hybridized carbons (Fsp3) is 0.310. The summed E-state index contributed by atoms with van der Waals surface area (Å²) < 4.78 is 8.11. The van der Waals surface area contributed by atoms with Crippen LogP contribution in [-0.4, -0.2) is 49.3 Å². The lowest BCUT2D eigenvalue weighted by Gasteiger charge is -2.41. The molecule has 3 aromatic heterocycles. The molecule has 2 fully saturated rings. The number of hydrogen-bond donors (Lipinski definition) is 1. The molecule has 2 aliphatic rings. The Morgan fingerprint density at radius 3 is 2.65 bits per heavy atom. The standard InChI is InChI=1S/C29H29N7O/c1-18-12-25(37-22-6-3-2-4-7-22)33-24-15-20(8-9-23(18)24)27-26-28(30)31-17-32-29(26)36(34-27)21-13-19(14-21)16-35-10-5-11-35/h2-4,6-9,12,15,17,19,21H,5,10-11,13-14,16H2,1H3,(H2,30,31,32). The van der Waals surface area contributed by atoms with E-state index < -0.39 is 0 Å². The first-order chi connectivity index (χ1) is 18.1. The molecule has 8 heteroatoms. The van der Waals surface area contributed by atoms with Crippen LogP contribution in [0.15, 0.2) is 60.9 Å². The summed E-state index contributed by atoms with van der Waals surface area (Å²) in [6.45, 7) is 5.76. The highest BCUT2D eigenvalue weighted by atomic mass is 16.5. The fourth-order valence-electron chi connectivity index (χ4n) is 5.61. The number of nitrogens with zero attached hydrogens (tertiary/aromatic N) is 6. The average molecular weight is 492 g/mol. The second kappa shape index (κ2) is 8.81. The SMILES string of the molecule is Cc1cc(Oc2ccccc2)nc2cc(-c3nn(C4CC(CN5CCC5)C4)c4ncnc(N)c34)ccc12. The van der Waals surface area contributed by atoms with E-state index in [4.69, 9.17) is 20.6 Å². The third kappa shape index (κ3) is 3.97. The maximum Gasteiger partial charge on any atom is 0.220 e. The van der Waals surface area contributed by atoms with Gasteiger partial charge in [-0.1, -0.05) is 30.3 Å². The highest BCUT2D eigenvalue weighted by molar-refractivity contribution is 6.00. The number of rotatable bonds is 6. The molecule has 8 nitrogen and oxygen atoms in total. The van der Waals surface area contributed by atoms with Crippen LogP contribution in [0.25, 0.3) is 33.2 Å². The zero-order valence-electron chi connectivity index (χ0n) is 20.8. The minimum absolute atomic E-state index is 0.337. The summed E-state index contributed by atoms with van der Waals surface area (Å²) in [5.74, 6) is 2.50. The summed E-state index contributed by atoms with van der Waals surface area (Å²) in [7, 11) is 0. The minimum Gasteiger partial charge on any atom is -0.439 e. The third-order valence-corrected chi connectivity index (χ3v) is 7.77. The number of aryl methyl sites for hydroxylation is 1. The van der Waals surface area contributed by atoms with Crippen LogP contribution >= 0.6 is 0 Å². The molecular weight excluding hydrogens is 462 g/mol. The molecule has 0 amide bonds. The molecule has 7 rings (SSSR count). The Hall–Kier alpha value is -4.04. The lowest BCUT2D eigenvalue weighted by Crippen LogP contribution is -2.44. The van der Waals surface area contributed by atoms with Crippen LogP contribution in [0.4, 0.5) is 5.82 Å². The summed E-state index contributed by atoms with van der Waals surface area (Å²) in [4.78, 5) is 16.3. The predicted octanol–water partition coefficient (Wildman–Crippen LogP) is 5.38. The van der Waals surface area contributed by atoms with E-state index in [0.29, 0.717) is 17.7 Å². The molecule has 4 heterocycles. The van der Waals surface area contributed by atoms with E-state index in [1.165, 1.54) is 32.4 Å². The van der Waals surface area contributed by atoms with Gasteiger partial charge >= 0.3 is 0 Å². The Bertz CT molecular complexity index is 1600. The number of hydrogen-bond acceptors (Lipinski definition) is 7. The zero-order chi connectivity index (χ0) is 24.9. The van der Waals surface area contributed by atoms with Gasteiger partial charge in [0.05, 0.1) is 16.9 Å². The van der Waals surface area contributed by atoms with Crippen LogP contribution in [0.1, 0.15) is 30.9 Å². The number of nitrogen functional groups attached to an aromatic ring is 1. The molecule has 0 radical (unpaired) electrons. The van der Waals surface area contributed by atoms with Gasteiger partial charge in [-0.2, -0.15) is 5.10 Å². The number of aromatic nitrogens is 5. The van der Waals surface area contributed by atoms with Crippen molar-refractivity contribution in [2.24, 2.45) is 5.92 Å². The number of para-hydroxylation sites is 1. The summed E-state index contributed by atoms with van der Waals surface area (Å²) in [5, 5.41) is 6.95. The molecule has 0 spiro atoms. The van der Waals surface area contributed by atoms with Crippen molar-refractivity contribution in [2.75, 3.05) is 25.4 Å². The number of nitrogens with two attached hydrogens (primary N) is 1. The van der Waals surface area contributed by atoms with E-state index in [2.05, 4.69) is 44.7 Å². The predicted molar refractivity (Wildman–Crippen MR) is 145 cm³/mol. The Morgan fingerprint density at radius 2 is 1.86 bits per heavy atom. The van der Waals surface area contributed by atoms with Gasteiger partial charge in [0.25, 0.3) is 0 Å². The molecule has 1 aliphatic carbocycles. The first kappa shape index (κ1) is 22.2. The topological polar surface area (TPSA) is 95.0 Å². The van der Waals surface area contributed by atoms with Crippen molar-refractivity contribution in [3.05, 3.63) is 66.5 Å². The number of pyridine rings is 1. The van der Waals surface area contributed by atoms with Crippen molar-refractivity contribution in [3.63, 3.8) is 0 Å². The molecule has 2 N–H and O–H groups in total. The minimum atomic E-state index is 0.337. The molecule has 0 bridgehead atoms. The van der Waals surface area contributed by atoms with Crippen LogP contribution in [0.2, 0.25) is 0 Å². The highest BCUT2D eigenvalue weighted by Crippen LogP contribution is 2.42. The summed E-state index contributed by atoms with van der Waals surface area (Å²) in [6.07, 6.45) is 5.11. The van der Waals surface area contributed by atoms with E-state index in [0.717, 1.165) is 63.3 Å². The molecule has 5 aromatic rings. The Kier molecular flexibility index (Phi) is 5.28. The maximum absolute atomic E-state index is 6.39. The monoisotopic (exact) mass is 491 g/mol. The summed E-state index contributed by atoms with van der Waals surface area (Å²) in [6, 6.07) is 18.3. The molecule has 0 unspecified atom stereocenters. The maximum atomic E-state index is 6.39. The Balaban J connectivity index is 1.25. The van der Waals surface area contributed by atoms with Crippen molar-refractivity contribution >= 4 is 27.8 Å². The second-order valence-corrected chi connectivity index (χ2v) is 10.3. The van der Waals surface area contributed by atoms with Gasteiger partial charge in [0, 0.05) is 23.6 Å². The van der Waals surface area contributed by atoms with Crippen LogP contribution < -0.4 is 10.5 Å². The van der Waals surface area contributed by atoms with Crippen molar-refractivity contribution < 1.29 is 4.74 Å². The van der Waals surface area contributed by atoms with E-state index in [1.807, 2.05) is 36.4 Å². The van der Waals surface area contributed by atoms with Crippen LogP contribution in [0.3, 0.4) is 0 Å². The first-order valence-electron chi connectivity index (χ1n) is 13.0. The molecule has 0 atom stereocenters. The number of anilines is 1. The molecular formula is C29H29N7O. The first-order valence-corrected chi connectivity index (χ1v) is 13.0. The smallest absolute Gasteiger partial charge is 0.220 e. The van der Waals surface area contributed by atoms with Gasteiger partial charge in [-0.3, -0.25) is 0 Å². The van der Waals surface area contributed by atoms with Gasteiger partial charge in [-0.25, -0.2) is 19.6 Å². The summed E-state index contributed by atoms with van der Waals surface area (Å²) >= 11 is 0. The number of fused-ring (bicyclic) bond motifs is 2. The van der Waals surface area contributed by atoms with Crippen molar-refractivity contribution in [1.82, 2.24) is 29.6 Å². The highest BCUT2D eigenvalue weighted by Gasteiger charge is 2.35. The van der Waals surface area contributed by atoms with Gasteiger partial charge in [0.15, 0.2) is 5.65 Å². The van der Waals surface area contributed by atoms with Gasteiger partial charge < -0.3 is 15.4 Å². The molecule has 1 aliphatic heterocycles. The van der Waals surface area contributed by atoms with Gasteiger partial charge in [-0.15, -0.1) is 0 Å². The molecule has 37 heavy (non-hydrogen) atoms. The third-order valence-electron chi connectivity index (χ3n) is 7.77. The van der Waals surface area contributed by atoms with Gasteiger partial charge in [-0.05, 0) is 69.0 Å². The van der Waals surface area contributed by atoms with E-state index in [1.54, 1.807) is 0 Å². The quantitative estimate of drug-likeness (QED) is 0.341. The van der Waals surface area contributed by atoms with Crippen molar-refractivity contribution in [3.8, 4) is 22.9 Å². The van der Waals surface area contributed by atoms with E-state index in [-0.39, 0.29) is 0 Å². The van der Waals surface area contributed by atoms with E-state index >= 15 is 0 Å². The average Bonchev–Trinajstić information content (AvgIpc) is 3.23. The Morgan fingerprint density at radius 1 is 1.03 bits per heavy atom. The number of benzene rings is 2. The van der Waals surface area contributed by atoms with Crippen molar-refractivity contribution in [1.29, 1.82) is 0 Å². The largest absolute Gasteiger partial charge is 0.439 e.